The summed E-state index contributed by atoms with van der Waals surface area (Å²) in [6, 6.07) is 1.72. The molecule has 232 valence electrons. The molecule has 1 aliphatic carbocycles. The number of nitrogens with two attached hydrogens (primary N) is 1. The average molecular weight is 695 g/mol. The Morgan fingerprint density at radius 2 is 1.79 bits per heavy atom. The van der Waals surface area contributed by atoms with E-state index in [1.165, 1.54) is 30.5 Å². The lowest BCUT2D eigenvalue weighted by atomic mass is 9.81. The minimum Gasteiger partial charge on any atom is -0.382 e. The maximum Gasteiger partial charge on any atom is 0.324 e. The van der Waals surface area contributed by atoms with Crippen molar-refractivity contribution in [3.63, 3.8) is 0 Å². The van der Waals surface area contributed by atoms with Crippen molar-refractivity contribution in [3.8, 4) is 0 Å². The van der Waals surface area contributed by atoms with Crippen molar-refractivity contribution in [1.29, 1.82) is 0 Å². The summed E-state index contributed by atoms with van der Waals surface area (Å²) in [4.78, 5) is 41.7. The van der Waals surface area contributed by atoms with Gasteiger partial charge in [0.15, 0.2) is 23.9 Å². The van der Waals surface area contributed by atoms with Crippen LogP contribution in [0, 0.1) is 5.92 Å². The highest BCUT2D eigenvalue weighted by atomic mass is 35.5. The lowest BCUT2D eigenvalue weighted by molar-refractivity contribution is -0.0424. The van der Waals surface area contributed by atoms with Crippen molar-refractivity contribution in [2.24, 2.45) is 5.92 Å². The summed E-state index contributed by atoms with van der Waals surface area (Å²) in [6.07, 6.45) is 1.48. The molecule has 5 heterocycles. The van der Waals surface area contributed by atoms with Gasteiger partial charge in [-0.05, 0) is 48.4 Å². The number of hydrogen-bond donors (Lipinski definition) is 3. The zero-order valence-corrected chi connectivity index (χ0v) is 26.5. The van der Waals surface area contributed by atoms with Crippen LogP contribution in [0.3, 0.4) is 0 Å². The van der Waals surface area contributed by atoms with Gasteiger partial charge in [0.05, 0.1) is 24.9 Å². The number of aromatic nitrogens is 7. The molecule has 1 aliphatic heterocycles. The third-order valence-electron chi connectivity index (χ3n) is 7.35. The molecule has 6 atom stereocenters. The Morgan fingerprint density at radius 1 is 1.07 bits per heavy atom. The SMILES string of the molecule is COP(O)(=S)OC[C@H]1O[C@@H](n2ccc3c(Cl)ncnc32)[C@@H](F)[C@@H]1OP(O)(=S)OCC1CC(n2cnc3c(N)ncnc32)C1. The fourth-order valence-electron chi connectivity index (χ4n) is 5.13. The van der Waals surface area contributed by atoms with Crippen molar-refractivity contribution in [2.75, 3.05) is 26.1 Å². The van der Waals surface area contributed by atoms with Gasteiger partial charge in [0.1, 0.15) is 41.2 Å². The van der Waals surface area contributed by atoms with Crippen LogP contribution in [0.4, 0.5) is 10.2 Å². The van der Waals surface area contributed by atoms with Crippen LogP contribution < -0.4 is 5.73 Å². The molecule has 0 radical (unpaired) electrons. The van der Waals surface area contributed by atoms with E-state index in [0.29, 0.717) is 40.9 Å². The quantitative estimate of drug-likeness (QED) is 0.153. The molecule has 1 saturated carbocycles. The second kappa shape index (κ2) is 12.2. The van der Waals surface area contributed by atoms with Gasteiger partial charge in [0.2, 0.25) is 0 Å². The fourth-order valence-corrected chi connectivity index (χ4v) is 7.44. The Balaban J connectivity index is 1.12. The number of anilines is 1. The number of nitrogens with zero attached hydrogens (tertiary/aromatic N) is 7. The zero-order valence-electron chi connectivity index (χ0n) is 22.3. The number of rotatable bonds is 11. The highest BCUT2D eigenvalue weighted by Crippen LogP contribution is 2.52. The first-order valence-corrected chi connectivity index (χ1v) is 18.4. The molecule has 6 rings (SSSR count). The molecule has 1 saturated heterocycles. The van der Waals surface area contributed by atoms with Gasteiger partial charge in [-0.15, -0.1) is 0 Å². The smallest absolute Gasteiger partial charge is 0.324 e. The molecule has 15 nitrogen and oxygen atoms in total. The van der Waals surface area contributed by atoms with Crippen molar-refractivity contribution in [1.82, 2.24) is 34.1 Å². The minimum atomic E-state index is -3.97. The molecule has 4 aromatic heterocycles. The number of alkyl halides is 1. The van der Waals surface area contributed by atoms with Crippen LogP contribution in [0.1, 0.15) is 25.1 Å². The Kier molecular flexibility index (Phi) is 8.85. The Hall–Kier alpha value is -1.79. The van der Waals surface area contributed by atoms with E-state index in [1.54, 1.807) is 12.4 Å². The second-order valence-corrected chi connectivity index (χ2v) is 16.1. The van der Waals surface area contributed by atoms with Crippen LogP contribution in [-0.2, 0) is 46.4 Å². The van der Waals surface area contributed by atoms with Crippen LogP contribution in [0.5, 0.6) is 0 Å². The molecular weight excluding hydrogens is 669 g/mol. The first-order valence-electron chi connectivity index (χ1n) is 12.8. The van der Waals surface area contributed by atoms with Crippen molar-refractivity contribution < 1.29 is 37.0 Å². The number of fused-ring (bicyclic) bond motifs is 2. The molecule has 43 heavy (non-hydrogen) atoms. The van der Waals surface area contributed by atoms with Gasteiger partial charge in [-0.1, -0.05) is 11.6 Å². The van der Waals surface area contributed by atoms with E-state index in [1.807, 2.05) is 4.57 Å². The van der Waals surface area contributed by atoms with Crippen molar-refractivity contribution in [3.05, 3.63) is 36.4 Å². The lowest BCUT2D eigenvalue weighted by Crippen LogP contribution is -2.34. The lowest BCUT2D eigenvalue weighted by Gasteiger charge is -2.36. The molecule has 2 fully saturated rings. The van der Waals surface area contributed by atoms with Gasteiger partial charge in [0, 0.05) is 19.3 Å². The first kappa shape index (κ1) is 31.2. The molecule has 0 bridgehead atoms. The van der Waals surface area contributed by atoms with Gasteiger partial charge >= 0.3 is 13.4 Å². The molecule has 21 heteroatoms. The molecule has 0 amide bonds. The summed E-state index contributed by atoms with van der Waals surface area (Å²) < 4.78 is 46.7. The van der Waals surface area contributed by atoms with Crippen LogP contribution in [0.2, 0.25) is 5.15 Å². The largest absolute Gasteiger partial charge is 0.382 e. The Bertz CT molecular complexity index is 1750. The first-order chi connectivity index (χ1) is 20.5. The number of nitrogen functional groups attached to an aromatic ring is 1. The predicted molar refractivity (Wildman–Crippen MR) is 160 cm³/mol. The van der Waals surface area contributed by atoms with E-state index in [0.717, 1.165) is 0 Å². The molecule has 4 aromatic rings. The van der Waals surface area contributed by atoms with Gasteiger partial charge in [-0.25, -0.2) is 29.3 Å². The summed E-state index contributed by atoms with van der Waals surface area (Å²) in [6.45, 7) is -7.92. The highest BCUT2D eigenvalue weighted by molar-refractivity contribution is 8.07. The van der Waals surface area contributed by atoms with Crippen molar-refractivity contribution >= 4 is 76.7 Å². The molecule has 4 N–H and O–H groups in total. The standard InChI is InChI=1S/C22H26ClFN8O7P2S2/c1-35-40(33,42)37-7-14-17(15(24)22(38-14)31-3-2-13-18(23)26-8-28-20(13)31)39-41(34,43)36-6-11-4-12(5-11)32-10-30-16-19(25)27-9-29-21(16)32/h2-3,8-12,14-15,17,22H,4-7H2,1H3,(H,33,42)(H,34,43)(H2,25,27,29)/t11?,12?,14-,15+,17-,22-,40?,41?/m1/s1. The van der Waals surface area contributed by atoms with Gasteiger partial charge in [0.25, 0.3) is 0 Å². The number of halogens is 2. The zero-order chi connectivity index (χ0) is 30.5. The summed E-state index contributed by atoms with van der Waals surface area (Å²) in [5.41, 5.74) is 7.36. The Morgan fingerprint density at radius 3 is 2.56 bits per heavy atom. The summed E-state index contributed by atoms with van der Waals surface area (Å²) >= 11 is 16.3. The predicted octanol–water partition coefficient (Wildman–Crippen LogP) is 3.19. The van der Waals surface area contributed by atoms with Gasteiger partial charge < -0.3 is 43.0 Å². The van der Waals surface area contributed by atoms with E-state index < -0.39 is 44.7 Å². The van der Waals surface area contributed by atoms with Crippen LogP contribution in [-0.4, -0.2) is 82.5 Å². The van der Waals surface area contributed by atoms with E-state index in [4.69, 9.17) is 63.8 Å². The van der Waals surface area contributed by atoms with Gasteiger partial charge in [-0.3, -0.25) is 4.52 Å². The number of hydrogen-bond acceptors (Lipinski definition) is 13. The molecular formula is C22H26ClFN8O7P2S2. The maximum atomic E-state index is 16.0. The Labute approximate surface area is 259 Å². The van der Waals surface area contributed by atoms with E-state index in [-0.39, 0.29) is 23.7 Å². The fraction of sp³-hybridized carbons (Fsp3) is 0.500. The minimum absolute atomic E-state index is 0.0463. The van der Waals surface area contributed by atoms with E-state index in [9.17, 15) is 9.79 Å². The topological polar surface area (TPSA) is 187 Å². The van der Waals surface area contributed by atoms with Crippen LogP contribution >= 0.6 is 25.0 Å². The second-order valence-electron chi connectivity index (χ2n) is 9.99. The third-order valence-corrected chi connectivity index (χ3v) is 10.9. The summed E-state index contributed by atoms with van der Waals surface area (Å²) in [7, 11) is 1.19. The monoisotopic (exact) mass is 694 g/mol. The summed E-state index contributed by atoms with van der Waals surface area (Å²) in [5.74, 6) is 0.350. The number of imidazole rings is 1. The van der Waals surface area contributed by atoms with Gasteiger partial charge in [-0.2, -0.15) is 0 Å². The average Bonchev–Trinajstić information content (AvgIpc) is 3.64. The normalized spacial score (nSPS) is 28.6. The van der Waals surface area contributed by atoms with E-state index in [2.05, 4.69) is 24.9 Å². The van der Waals surface area contributed by atoms with E-state index >= 15 is 4.39 Å². The van der Waals surface area contributed by atoms with Crippen LogP contribution in [0.15, 0.2) is 31.2 Å². The molecule has 0 spiro atoms. The van der Waals surface area contributed by atoms with Crippen molar-refractivity contribution in [2.45, 2.75) is 43.5 Å². The maximum absolute atomic E-state index is 16.0. The molecule has 2 unspecified atom stereocenters. The summed E-state index contributed by atoms with van der Waals surface area (Å²) in [5, 5.41) is 0.665. The number of ether oxygens (including phenoxy) is 1. The van der Waals surface area contributed by atoms with Crippen LogP contribution in [0.25, 0.3) is 22.2 Å². The highest BCUT2D eigenvalue weighted by Gasteiger charge is 2.50. The molecule has 0 aromatic carbocycles. The third kappa shape index (κ3) is 6.34. The molecule has 2 aliphatic rings.